The van der Waals surface area contributed by atoms with E-state index in [9.17, 15) is 0 Å². The predicted octanol–water partition coefficient (Wildman–Crippen LogP) is 6.98. The van der Waals surface area contributed by atoms with Gasteiger partial charge >= 0.3 is 31.1 Å². The summed E-state index contributed by atoms with van der Waals surface area (Å²) in [7, 11) is 2.20. The van der Waals surface area contributed by atoms with Gasteiger partial charge in [-0.25, -0.2) is 4.98 Å². The molecule has 5 nitrogen and oxygen atoms in total. The molecule has 0 amide bonds. The Balaban J connectivity index is 0.00000336. The van der Waals surface area contributed by atoms with Gasteiger partial charge in [-0.2, -0.15) is 0 Å². The van der Waals surface area contributed by atoms with Gasteiger partial charge in [-0.05, 0) is 87.1 Å². The van der Waals surface area contributed by atoms with Crippen molar-refractivity contribution in [3.63, 3.8) is 0 Å². The Bertz CT molecular complexity index is 1280. The van der Waals surface area contributed by atoms with Crippen LogP contribution in [0.3, 0.4) is 0 Å². The first kappa shape index (κ1) is 29.2. The summed E-state index contributed by atoms with van der Waals surface area (Å²) in [5, 5.41) is 6.40. The van der Waals surface area contributed by atoms with E-state index in [2.05, 4.69) is 91.4 Å². The molecule has 0 aliphatic heterocycles. The van der Waals surface area contributed by atoms with Crippen molar-refractivity contribution in [1.29, 1.82) is 0 Å². The maximum atomic E-state index is 4.78. The van der Waals surface area contributed by atoms with E-state index in [1.807, 2.05) is 6.20 Å². The molecule has 0 spiro atoms. The van der Waals surface area contributed by atoms with Gasteiger partial charge < -0.3 is 33.9 Å². The number of aromatic amines is 1. The van der Waals surface area contributed by atoms with Crippen LogP contribution in [-0.4, -0.2) is 58.5 Å². The Morgan fingerprint density at radius 1 is 1.13 bits per heavy atom. The first-order valence-electron chi connectivity index (χ1n) is 14.1. The van der Waals surface area contributed by atoms with Crippen LogP contribution in [0.2, 0.25) is 0 Å². The van der Waals surface area contributed by atoms with E-state index in [1.54, 1.807) is 0 Å². The topological polar surface area (TPSA) is 47.2 Å². The molecule has 0 saturated heterocycles. The fourth-order valence-corrected chi connectivity index (χ4v) is 5.97. The van der Waals surface area contributed by atoms with Crippen LogP contribution in [0, 0.1) is 57.8 Å². The van der Waals surface area contributed by atoms with Crippen LogP contribution in [0.25, 0.3) is 27.5 Å². The SMILES string of the molecule is [CH2-]CN(C[CH2-])C1CCC(Nc2c(C)cnc3[nH]c4ccc(C(/C=C/C)=C/N(C)CC5CC5)cc4c23)CC1.[U+2]. The molecule has 0 unspecified atom stereocenters. The van der Waals surface area contributed by atoms with Gasteiger partial charge in [0, 0.05) is 49.0 Å². The average Bonchev–Trinajstić information content (AvgIpc) is 3.64. The molecule has 2 aromatic heterocycles. The molecule has 2 aliphatic carbocycles. The summed E-state index contributed by atoms with van der Waals surface area (Å²) in [5.41, 5.74) is 7.00. The normalized spacial score (nSPS) is 20.4. The van der Waals surface area contributed by atoms with E-state index in [1.165, 1.54) is 71.7 Å². The molecule has 2 fully saturated rings. The zero-order valence-corrected chi connectivity index (χ0v) is 27.6. The maximum Gasteiger partial charge on any atom is 2.00 e. The standard InChI is InChI=1S/C32H43N5.U/c1-6-9-25(21-36(5)20-23-10-11-23)24-12-17-29-28(18-24)30-31(22(4)19-33-32(30)35-29)34-26-13-15-27(16-14-26)37(7-2)8-3;/h6,9,12,17-19,21,23,26-27H,2-3,7-8,10-11,13-16,20H2,1,4-5H3,(H2,33,34,35);/q-2;+2/b9-6+,25-21+;. The third kappa shape index (κ3) is 6.52. The number of hydrogen-bond donors (Lipinski definition) is 2. The molecular weight excluding hydrogens is 692 g/mol. The van der Waals surface area contributed by atoms with E-state index in [0.29, 0.717) is 12.1 Å². The summed E-state index contributed by atoms with van der Waals surface area (Å²) >= 11 is 0. The predicted molar refractivity (Wildman–Crippen MR) is 158 cm³/mol. The number of aryl methyl sites for hydroxylation is 1. The maximum absolute atomic E-state index is 4.78. The summed E-state index contributed by atoms with van der Waals surface area (Å²) in [5.74, 6) is 0.863. The molecule has 3 aromatic rings. The molecule has 2 saturated carbocycles. The molecule has 0 bridgehead atoms. The van der Waals surface area contributed by atoms with E-state index in [-0.39, 0.29) is 31.1 Å². The summed E-state index contributed by atoms with van der Waals surface area (Å²) < 4.78 is 0. The third-order valence-electron chi connectivity index (χ3n) is 8.23. The van der Waals surface area contributed by atoms with Gasteiger partial charge in [0.05, 0.1) is 11.1 Å². The Morgan fingerprint density at radius 2 is 1.87 bits per heavy atom. The zero-order chi connectivity index (χ0) is 25.9. The molecule has 1 aromatic carbocycles. The van der Waals surface area contributed by atoms with Crippen LogP contribution >= 0.6 is 0 Å². The van der Waals surface area contributed by atoms with Crippen LogP contribution in [0.5, 0.6) is 0 Å². The fraction of sp³-hybridized carbons (Fsp3) is 0.469. The van der Waals surface area contributed by atoms with Crippen LogP contribution < -0.4 is 5.32 Å². The quantitative estimate of drug-likeness (QED) is 0.175. The number of rotatable bonds is 10. The minimum Gasteiger partial charge on any atom is -0.381 e. The van der Waals surface area contributed by atoms with Crippen LogP contribution in [0.1, 0.15) is 56.6 Å². The van der Waals surface area contributed by atoms with Crippen LogP contribution in [-0.2, 0) is 0 Å². The number of hydrogen-bond acceptors (Lipinski definition) is 4. The minimum absolute atomic E-state index is 0. The van der Waals surface area contributed by atoms with Gasteiger partial charge in [0.15, 0.2) is 0 Å². The summed E-state index contributed by atoms with van der Waals surface area (Å²) in [6, 6.07) is 7.86. The Morgan fingerprint density at radius 3 is 2.53 bits per heavy atom. The first-order valence-corrected chi connectivity index (χ1v) is 14.1. The number of allylic oxidation sites excluding steroid dienone is 3. The number of nitrogens with zero attached hydrogens (tertiary/aromatic N) is 3. The molecule has 38 heavy (non-hydrogen) atoms. The first-order chi connectivity index (χ1) is 18.0. The molecule has 2 aliphatic rings. The molecule has 200 valence electrons. The Hall–Kier alpha value is -1.74. The van der Waals surface area contributed by atoms with Gasteiger partial charge in [-0.15, -0.1) is 13.1 Å². The van der Waals surface area contributed by atoms with Crippen molar-refractivity contribution < 1.29 is 31.1 Å². The molecule has 0 radical (unpaired) electrons. The van der Waals surface area contributed by atoms with Gasteiger partial charge in [-0.3, -0.25) is 0 Å². The monoisotopic (exact) mass is 735 g/mol. The smallest absolute Gasteiger partial charge is 0.381 e. The second-order valence-electron chi connectivity index (χ2n) is 11.1. The number of anilines is 1. The minimum atomic E-state index is 0. The van der Waals surface area contributed by atoms with Crippen molar-refractivity contribution in [3.8, 4) is 0 Å². The van der Waals surface area contributed by atoms with Crippen molar-refractivity contribution >= 4 is 33.2 Å². The number of pyridine rings is 1. The van der Waals surface area contributed by atoms with Gasteiger partial charge in [0.25, 0.3) is 0 Å². The molecule has 0 atom stereocenters. The average molecular weight is 736 g/mol. The molecule has 2 heterocycles. The number of H-pyrrole nitrogens is 1. The van der Waals surface area contributed by atoms with Gasteiger partial charge in [0.2, 0.25) is 0 Å². The van der Waals surface area contributed by atoms with Crippen LogP contribution in [0.15, 0.2) is 42.7 Å². The Labute approximate surface area is 252 Å². The van der Waals surface area contributed by atoms with E-state index >= 15 is 0 Å². The third-order valence-corrected chi connectivity index (χ3v) is 8.23. The van der Waals surface area contributed by atoms with E-state index < -0.39 is 0 Å². The van der Waals surface area contributed by atoms with Gasteiger partial charge in [0.1, 0.15) is 5.65 Å². The molecule has 2 N–H and O–H groups in total. The Kier molecular flexibility index (Phi) is 10.1. The van der Waals surface area contributed by atoms with E-state index in [4.69, 9.17) is 4.98 Å². The molecule has 5 rings (SSSR count). The second kappa shape index (κ2) is 13.1. The van der Waals surface area contributed by atoms with Gasteiger partial charge in [-0.1, -0.05) is 18.2 Å². The summed E-state index contributed by atoms with van der Waals surface area (Å²) in [6.45, 7) is 15.3. The largest absolute Gasteiger partial charge is 2.00 e. The second-order valence-corrected chi connectivity index (χ2v) is 11.1. The number of aromatic nitrogens is 2. The summed E-state index contributed by atoms with van der Waals surface area (Å²) in [6.07, 6.45) is 16.1. The zero-order valence-electron chi connectivity index (χ0n) is 23.4. The van der Waals surface area contributed by atoms with Crippen molar-refractivity contribution in [2.75, 3.05) is 32.0 Å². The number of fused-ring (bicyclic) bond motifs is 3. The molecule has 6 heteroatoms. The van der Waals surface area contributed by atoms with E-state index in [0.717, 1.165) is 36.7 Å². The van der Waals surface area contributed by atoms with Crippen molar-refractivity contribution in [1.82, 2.24) is 19.8 Å². The summed E-state index contributed by atoms with van der Waals surface area (Å²) in [4.78, 5) is 13.1. The van der Waals surface area contributed by atoms with Crippen molar-refractivity contribution in [2.24, 2.45) is 5.92 Å². The number of benzene rings is 1. The van der Waals surface area contributed by atoms with Crippen molar-refractivity contribution in [2.45, 2.75) is 64.5 Å². The molecular formula is C32H43N5U. The number of nitrogens with one attached hydrogen (secondary N) is 2. The van der Waals surface area contributed by atoms with Crippen molar-refractivity contribution in [3.05, 3.63) is 67.7 Å². The fourth-order valence-electron chi connectivity index (χ4n) is 5.97. The van der Waals surface area contributed by atoms with Crippen LogP contribution in [0.4, 0.5) is 5.69 Å².